The summed E-state index contributed by atoms with van der Waals surface area (Å²) >= 11 is 1.86. The SMILES string of the molecule is O=C(O)c1ccccc1.[Li][CH2]n1nc(-c2cncc(CO)c2)ccc1=O. The van der Waals surface area contributed by atoms with E-state index < -0.39 is 5.97 Å². The monoisotopic (exact) mass is 345 g/mol. The number of benzene rings is 1. The third-order valence-electron chi connectivity index (χ3n) is 3.46. The van der Waals surface area contributed by atoms with Gasteiger partial charge in [-0.1, -0.05) is 18.2 Å². The molecule has 26 heavy (non-hydrogen) atoms. The van der Waals surface area contributed by atoms with Crippen molar-refractivity contribution in [3.8, 4) is 11.3 Å². The molecule has 2 N–H and O–H groups in total. The van der Waals surface area contributed by atoms with Crippen molar-refractivity contribution in [2.75, 3.05) is 0 Å². The summed E-state index contributed by atoms with van der Waals surface area (Å²) in [6.07, 6.45) is 3.26. The Morgan fingerprint density at radius 1 is 1.12 bits per heavy atom. The molecule has 2 heterocycles. The number of hydrogen-bond donors (Lipinski definition) is 2. The molecular formula is C18H16LiN3O4. The molecule has 128 valence electrons. The topological polar surface area (TPSA) is 105 Å². The van der Waals surface area contributed by atoms with Crippen LogP contribution in [0.25, 0.3) is 11.3 Å². The number of rotatable bonds is 4. The Bertz CT molecular complexity index is 929. The van der Waals surface area contributed by atoms with Gasteiger partial charge < -0.3 is 5.11 Å². The van der Waals surface area contributed by atoms with Crippen LogP contribution in [0.3, 0.4) is 0 Å². The zero-order valence-electron chi connectivity index (χ0n) is 14.2. The number of aliphatic hydroxyl groups is 1. The van der Waals surface area contributed by atoms with Crippen LogP contribution in [-0.2, 0) is 11.8 Å². The van der Waals surface area contributed by atoms with E-state index >= 15 is 0 Å². The summed E-state index contributed by atoms with van der Waals surface area (Å²) in [6.45, 7) is -0.0613. The fourth-order valence-corrected chi connectivity index (χ4v) is 2.12. The van der Waals surface area contributed by atoms with E-state index in [2.05, 4.69) is 10.1 Å². The summed E-state index contributed by atoms with van der Waals surface area (Å²) in [5.74, 6) is -0.879. The molecule has 7 nitrogen and oxygen atoms in total. The van der Waals surface area contributed by atoms with Gasteiger partial charge in [0.2, 0.25) is 0 Å². The van der Waals surface area contributed by atoms with Gasteiger partial charge in [-0.2, -0.15) is 0 Å². The first-order valence-electron chi connectivity index (χ1n) is 7.96. The number of carboxylic acids is 1. The fourth-order valence-electron chi connectivity index (χ4n) is 2.12. The molecule has 8 heteroatoms. The summed E-state index contributed by atoms with van der Waals surface area (Å²) in [5, 5.41) is 22.2. The molecule has 0 atom stereocenters. The molecule has 1 aromatic carbocycles. The molecule has 3 rings (SSSR count). The van der Waals surface area contributed by atoms with Crippen molar-refractivity contribution >= 4 is 23.7 Å². The van der Waals surface area contributed by atoms with Gasteiger partial charge in [0.15, 0.2) is 0 Å². The zero-order valence-corrected chi connectivity index (χ0v) is 14.2. The Balaban J connectivity index is 0.000000228. The van der Waals surface area contributed by atoms with Crippen LogP contribution in [0.1, 0.15) is 15.9 Å². The molecule has 0 radical (unpaired) electrons. The first-order valence-corrected chi connectivity index (χ1v) is 7.96. The summed E-state index contributed by atoms with van der Waals surface area (Å²) in [7, 11) is 0. The number of hydrogen-bond acceptors (Lipinski definition) is 5. The Morgan fingerprint density at radius 3 is 2.42 bits per heavy atom. The molecule has 0 saturated carbocycles. The van der Waals surface area contributed by atoms with Gasteiger partial charge in [-0.05, 0) is 12.1 Å². The van der Waals surface area contributed by atoms with E-state index in [1.165, 1.54) is 10.7 Å². The van der Waals surface area contributed by atoms with Gasteiger partial charge in [-0.3, -0.25) is 0 Å². The second-order valence-electron chi connectivity index (χ2n) is 5.28. The first kappa shape index (κ1) is 19.6. The third kappa shape index (κ3) is 5.39. The van der Waals surface area contributed by atoms with Crippen molar-refractivity contribution < 1.29 is 15.0 Å². The number of aromatic carboxylic acids is 1. The molecular weight excluding hydrogens is 329 g/mol. The summed E-state index contributed by atoms with van der Waals surface area (Å²) in [5.41, 5.74) is 2.39. The van der Waals surface area contributed by atoms with Crippen LogP contribution in [0, 0.1) is 0 Å². The zero-order chi connectivity index (χ0) is 18.9. The fraction of sp³-hybridized carbons (Fsp3) is 0.111. The number of carboxylic acid groups (broad SMARTS) is 1. The van der Waals surface area contributed by atoms with E-state index in [-0.39, 0.29) is 12.2 Å². The molecule has 0 aliphatic heterocycles. The Morgan fingerprint density at radius 2 is 1.85 bits per heavy atom. The van der Waals surface area contributed by atoms with Gasteiger partial charge in [0.25, 0.3) is 0 Å². The van der Waals surface area contributed by atoms with Gasteiger partial charge in [0, 0.05) is 0 Å². The van der Waals surface area contributed by atoms with Crippen LogP contribution >= 0.6 is 0 Å². The summed E-state index contributed by atoms with van der Waals surface area (Å²) < 4.78 is 1.39. The molecule has 0 unspecified atom stereocenters. The molecule has 0 amide bonds. The van der Waals surface area contributed by atoms with Gasteiger partial charge >= 0.3 is 113 Å². The second-order valence-corrected chi connectivity index (χ2v) is 5.28. The van der Waals surface area contributed by atoms with Crippen molar-refractivity contribution in [1.29, 1.82) is 0 Å². The Labute approximate surface area is 159 Å². The number of nitrogens with zero attached hydrogens (tertiary/aromatic N) is 3. The maximum absolute atomic E-state index is 11.4. The van der Waals surface area contributed by atoms with Crippen molar-refractivity contribution in [2.45, 2.75) is 11.8 Å². The van der Waals surface area contributed by atoms with Gasteiger partial charge in [-0.25, -0.2) is 4.79 Å². The molecule has 0 aliphatic rings. The molecule has 2 aromatic heterocycles. The van der Waals surface area contributed by atoms with Crippen molar-refractivity contribution in [1.82, 2.24) is 14.8 Å². The minimum absolute atomic E-state index is 0.0613. The normalized spacial score (nSPS) is 9.96. The third-order valence-corrected chi connectivity index (χ3v) is 3.46. The average Bonchev–Trinajstić information content (AvgIpc) is 2.69. The number of carbonyl (C=O) groups is 1. The first-order chi connectivity index (χ1) is 12.5. The summed E-state index contributed by atoms with van der Waals surface area (Å²) in [6, 6.07) is 13.2. The van der Waals surface area contributed by atoms with Crippen molar-refractivity contribution in [3.05, 3.63) is 82.4 Å². The van der Waals surface area contributed by atoms with Gasteiger partial charge in [-0.15, -0.1) is 0 Å². The van der Waals surface area contributed by atoms with Crippen LogP contribution < -0.4 is 5.56 Å². The van der Waals surface area contributed by atoms with E-state index in [4.69, 9.17) is 10.2 Å². The van der Waals surface area contributed by atoms with Crippen LogP contribution in [0.15, 0.2) is 65.7 Å². The van der Waals surface area contributed by atoms with Crippen LogP contribution in [0.5, 0.6) is 0 Å². The predicted molar refractivity (Wildman–Crippen MR) is 96.8 cm³/mol. The van der Waals surface area contributed by atoms with Gasteiger partial charge in [0.1, 0.15) is 0 Å². The number of aromatic nitrogens is 3. The van der Waals surface area contributed by atoms with Crippen molar-refractivity contribution in [3.63, 3.8) is 0 Å². The molecule has 0 fully saturated rings. The quantitative estimate of drug-likeness (QED) is 0.691. The molecule has 3 aromatic rings. The predicted octanol–water partition coefficient (Wildman–Crippen LogP) is 1.31. The minimum atomic E-state index is -0.879. The van der Waals surface area contributed by atoms with Crippen LogP contribution in [-0.4, -0.2) is 48.7 Å². The van der Waals surface area contributed by atoms with E-state index in [1.807, 2.05) is 17.7 Å². The average molecular weight is 345 g/mol. The Kier molecular flexibility index (Phi) is 7.30. The maximum atomic E-state index is 11.4. The number of pyridine rings is 1. The van der Waals surface area contributed by atoms with E-state index in [1.54, 1.807) is 54.9 Å². The molecule has 0 spiro atoms. The van der Waals surface area contributed by atoms with E-state index in [0.29, 0.717) is 16.5 Å². The molecule has 0 aliphatic carbocycles. The molecule has 0 saturated heterocycles. The van der Waals surface area contributed by atoms with Crippen molar-refractivity contribution in [2.24, 2.45) is 0 Å². The second kappa shape index (κ2) is 9.68. The number of aliphatic hydroxyl groups excluding tert-OH is 1. The molecule has 0 bridgehead atoms. The van der Waals surface area contributed by atoms with E-state index in [0.717, 1.165) is 11.1 Å². The standard InChI is InChI=1S/C11H10N3O2.C7H6O2.Li/c1-14-11(16)3-2-10(13-14)9-4-8(7-15)5-12-6-9;8-7(9)6-4-2-1-3-5-6;/h2-6,15H,1,7H2;1-5H,(H,8,9);. The van der Waals surface area contributed by atoms with E-state index in [9.17, 15) is 9.59 Å². The van der Waals surface area contributed by atoms with Gasteiger partial charge in [0.05, 0.1) is 5.56 Å². The van der Waals surface area contributed by atoms with Crippen LogP contribution in [0.2, 0.25) is 0 Å². The van der Waals surface area contributed by atoms with Crippen LogP contribution in [0.4, 0.5) is 0 Å². The Hall–Kier alpha value is -2.72. The summed E-state index contributed by atoms with van der Waals surface area (Å²) in [4.78, 5) is 25.6.